The molecular formula is C9H8FO4-. The summed E-state index contributed by atoms with van der Waals surface area (Å²) < 4.78 is 12.4. The summed E-state index contributed by atoms with van der Waals surface area (Å²) in [6.45, 7) is 0. The van der Waals surface area contributed by atoms with Crippen molar-refractivity contribution in [1.82, 2.24) is 0 Å². The van der Waals surface area contributed by atoms with Crippen LogP contribution in [0.2, 0.25) is 0 Å². The van der Waals surface area contributed by atoms with Crippen molar-refractivity contribution in [1.29, 1.82) is 0 Å². The maximum absolute atomic E-state index is 12.4. The first kappa shape index (κ1) is 10.6. The first-order valence-corrected chi connectivity index (χ1v) is 3.85. The zero-order chi connectivity index (χ0) is 10.7. The second kappa shape index (κ2) is 4.17. The van der Waals surface area contributed by atoms with Crippen LogP contribution in [0.3, 0.4) is 0 Å². The molecule has 0 aliphatic carbocycles. The van der Waals surface area contributed by atoms with E-state index in [1.165, 1.54) is 12.1 Å². The molecule has 76 valence electrons. The lowest BCUT2D eigenvalue weighted by Crippen LogP contribution is -2.39. The number of aliphatic carboxylic acids is 1. The standard InChI is InChI=1S/C9H9FO4/c10-6-3-1-5(2-4-6)7(11)8(12)9(13)14/h1-4,7-8,11-12H,(H,13,14)/p-1/t7-,8-/m0/s1. The molecule has 0 saturated carbocycles. The van der Waals surface area contributed by atoms with Gasteiger partial charge in [0.25, 0.3) is 0 Å². The van der Waals surface area contributed by atoms with E-state index in [-0.39, 0.29) is 5.56 Å². The minimum Gasteiger partial charge on any atom is -0.547 e. The fourth-order valence-corrected chi connectivity index (χ4v) is 0.971. The average Bonchev–Trinajstić information content (AvgIpc) is 2.16. The minimum absolute atomic E-state index is 0.114. The van der Waals surface area contributed by atoms with Gasteiger partial charge in [-0.2, -0.15) is 0 Å². The van der Waals surface area contributed by atoms with Gasteiger partial charge in [0, 0.05) is 0 Å². The molecule has 0 spiro atoms. The van der Waals surface area contributed by atoms with Crippen molar-refractivity contribution < 1.29 is 24.5 Å². The van der Waals surface area contributed by atoms with Gasteiger partial charge in [0.15, 0.2) is 0 Å². The van der Waals surface area contributed by atoms with Gasteiger partial charge in [0.05, 0.1) is 5.97 Å². The highest BCUT2D eigenvalue weighted by Crippen LogP contribution is 2.16. The Balaban J connectivity index is 2.84. The SMILES string of the molecule is O=C([O-])[C@@H](O)[C@@H](O)c1ccc(F)cc1. The van der Waals surface area contributed by atoms with E-state index in [0.29, 0.717) is 0 Å². The van der Waals surface area contributed by atoms with Crippen LogP contribution in [-0.4, -0.2) is 22.3 Å². The Hall–Kier alpha value is -1.46. The second-order valence-electron chi connectivity index (χ2n) is 2.76. The summed E-state index contributed by atoms with van der Waals surface area (Å²) in [6, 6.07) is 4.49. The molecule has 5 heteroatoms. The first-order valence-electron chi connectivity index (χ1n) is 3.85. The fourth-order valence-electron chi connectivity index (χ4n) is 0.971. The summed E-state index contributed by atoms with van der Waals surface area (Å²) in [7, 11) is 0. The zero-order valence-corrected chi connectivity index (χ0v) is 7.05. The molecule has 1 rings (SSSR count). The third-order valence-electron chi connectivity index (χ3n) is 1.75. The van der Waals surface area contributed by atoms with E-state index >= 15 is 0 Å². The van der Waals surface area contributed by atoms with Crippen LogP contribution < -0.4 is 5.11 Å². The summed E-state index contributed by atoms with van der Waals surface area (Å²) in [5.74, 6) is -2.29. The maximum Gasteiger partial charge on any atom is 0.123 e. The van der Waals surface area contributed by atoms with Gasteiger partial charge >= 0.3 is 0 Å². The maximum atomic E-state index is 12.4. The monoisotopic (exact) mass is 199 g/mol. The number of rotatable bonds is 3. The number of hydrogen-bond donors (Lipinski definition) is 2. The molecular weight excluding hydrogens is 191 g/mol. The highest BCUT2D eigenvalue weighted by atomic mass is 19.1. The Morgan fingerprint density at radius 2 is 1.79 bits per heavy atom. The van der Waals surface area contributed by atoms with Gasteiger partial charge in [-0.05, 0) is 17.7 Å². The van der Waals surface area contributed by atoms with E-state index in [1.54, 1.807) is 0 Å². The summed E-state index contributed by atoms with van der Waals surface area (Å²) in [4.78, 5) is 10.2. The van der Waals surface area contributed by atoms with Gasteiger partial charge < -0.3 is 20.1 Å². The molecule has 4 nitrogen and oxygen atoms in total. The molecule has 0 unspecified atom stereocenters. The fraction of sp³-hybridized carbons (Fsp3) is 0.222. The van der Waals surface area contributed by atoms with Crippen LogP contribution in [0, 0.1) is 5.82 Å². The summed E-state index contributed by atoms with van der Waals surface area (Å²) in [6.07, 6.45) is -3.62. The third-order valence-corrected chi connectivity index (χ3v) is 1.75. The lowest BCUT2D eigenvalue weighted by atomic mass is 10.0. The van der Waals surface area contributed by atoms with Crippen LogP contribution in [0.5, 0.6) is 0 Å². The van der Waals surface area contributed by atoms with E-state index < -0.39 is 24.0 Å². The van der Waals surface area contributed by atoms with Crippen molar-refractivity contribution in [2.75, 3.05) is 0 Å². The summed E-state index contributed by atoms with van der Waals surface area (Å²) in [5.41, 5.74) is 0.114. The average molecular weight is 199 g/mol. The Kier molecular flexibility index (Phi) is 3.16. The number of carboxylic acids is 1. The van der Waals surface area contributed by atoms with Crippen molar-refractivity contribution >= 4 is 5.97 Å². The molecule has 2 atom stereocenters. The highest BCUT2D eigenvalue weighted by Gasteiger charge is 2.18. The van der Waals surface area contributed by atoms with Crippen molar-refractivity contribution in [2.24, 2.45) is 0 Å². The molecule has 0 aromatic heterocycles. The normalized spacial score (nSPS) is 14.8. The van der Waals surface area contributed by atoms with Crippen molar-refractivity contribution in [2.45, 2.75) is 12.2 Å². The lowest BCUT2D eigenvalue weighted by Gasteiger charge is -2.18. The van der Waals surface area contributed by atoms with Gasteiger partial charge in [0.1, 0.15) is 18.0 Å². The van der Waals surface area contributed by atoms with Crippen LogP contribution >= 0.6 is 0 Å². The molecule has 0 aliphatic heterocycles. The number of benzene rings is 1. The molecule has 0 amide bonds. The van der Waals surface area contributed by atoms with E-state index in [1.807, 2.05) is 0 Å². The molecule has 0 heterocycles. The van der Waals surface area contributed by atoms with Crippen LogP contribution in [0.15, 0.2) is 24.3 Å². The molecule has 0 aliphatic rings. The molecule has 1 aromatic carbocycles. The first-order chi connectivity index (χ1) is 6.52. The molecule has 0 bridgehead atoms. The minimum atomic E-state index is -2.01. The molecule has 1 aromatic rings. The number of aliphatic hydroxyl groups is 2. The predicted molar refractivity (Wildman–Crippen MR) is 42.4 cm³/mol. The number of carbonyl (C=O) groups is 1. The zero-order valence-electron chi connectivity index (χ0n) is 7.05. The van der Waals surface area contributed by atoms with E-state index in [4.69, 9.17) is 5.11 Å². The van der Waals surface area contributed by atoms with Crippen LogP contribution in [0.1, 0.15) is 11.7 Å². The molecule has 0 fully saturated rings. The van der Waals surface area contributed by atoms with Gasteiger partial charge in [-0.15, -0.1) is 0 Å². The Labute approximate surface area is 79.2 Å². The number of carbonyl (C=O) groups excluding carboxylic acids is 1. The molecule has 0 saturated heterocycles. The van der Waals surface area contributed by atoms with Gasteiger partial charge in [-0.25, -0.2) is 4.39 Å². The van der Waals surface area contributed by atoms with Crippen LogP contribution in [0.4, 0.5) is 4.39 Å². The van der Waals surface area contributed by atoms with Gasteiger partial charge in [-0.1, -0.05) is 12.1 Å². The lowest BCUT2D eigenvalue weighted by molar-refractivity contribution is -0.318. The smallest absolute Gasteiger partial charge is 0.123 e. The van der Waals surface area contributed by atoms with E-state index in [0.717, 1.165) is 12.1 Å². The molecule has 14 heavy (non-hydrogen) atoms. The van der Waals surface area contributed by atoms with Crippen molar-refractivity contribution in [3.8, 4) is 0 Å². The number of carboxylic acid groups (broad SMARTS) is 1. The summed E-state index contributed by atoms with van der Waals surface area (Å²) >= 11 is 0. The Bertz CT molecular complexity index is 322. The number of hydrogen-bond acceptors (Lipinski definition) is 4. The topological polar surface area (TPSA) is 80.6 Å². The van der Waals surface area contributed by atoms with E-state index in [2.05, 4.69) is 0 Å². The van der Waals surface area contributed by atoms with Crippen LogP contribution in [0.25, 0.3) is 0 Å². The second-order valence-corrected chi connectivity index (χ2v) is 2.76. The Morgan fingerprint density at radius 3 is 2.21 bits per heavy atom. The molecule has 2 N–H and O–H groups in total. The van der Waals surface area contributed by atoms with E-state index in [9.17, 15) is 19.4 Å². The predicted octanol–water partition coefficient (Wildman–Crippen LogP) is -1.03. The van der Waals surface area contributed by atoms with Crippen LogP contribution in [-0.2, 0) is 4.79 Å². The van der Waals surface area contributed by atoms with Crippen molar-refractivity contribution in [3.05, 3.63) is 35.6 Å². The summed E-state index contributed by atoms with van der Waals surface area (Å²) in [5, 5.41) is 28.4. The quantitative estimate of drug-likeness (QED) is 0.652. The van der Waals surface area contributed by atoms with Crippen molar-refractivity contribution in [3.63, 3.8) is 0 Å². The largest absolute Gasteiger partial charge is 0.547 e. The molecule has 0 radical (unpaired) electrons. The van der Waals surface area contributed by atoms with Gasteiger partial charge in [-0.3, -0.25) is 0 Å². The highest BCUT2D eigenvalue weighted by molar-refractivity contribution is 5.70. The third kappa shape index (κ3) is 2.27. The number of aliphatic hydroxyl groups excluding tert-OH is 2. The number of halogens is 1. The van der Waals surface area contributed by atoms with Gasteiger partial charge in [0.2, 0.25) is 0 Å². The Morgan fingerprint density at radius 1 is 1.29 bits per heavy atom.